The van der Waals surface area contributed by atoms with Gasteiger partial charge in [-0.25, -0.2) is 4.79 Å². The van der Waals surface area contributed by atoms with Crippen molar-refractivity contribution in [3.8, 4) is 0 Å². The molecular weight excluding hydrogens is 208 g/mol. The van der Waals surface area contributed by atoms with Gasteiger partial charge in [-0.1, -0.05) is 0 Å². The molecule has 2 atom stereocenters. The fourth-order valence-corrected chi connectivity index (χ4v) is 1.70. The van der Waals surface area contributed by atoms with Gasteiger partial charge >= 0.3 is 6.09 Å². The Balaban J connectivity index is 2.64. The summed E-state index contributed by atoms with van der Waals surface area (Å²) in [5.41, 5.74) is -0.495. The average Bonchev–Trinajstić information content (AvgIpc) is 2.15. The van der Waals surface area contributed by atoms with Crippen LogP contribution in [-0.2, 0) is 4.74 Å². The highest BCUT2D eigenvalue weighted by atomic mass is 16.6. The van der Waals surface area contributed by atoms with Gasteiger partial charge in [0.05, 0.1) is 12.1 Å². The van der Waals surface area contributed by atoms with E-state index < -0.39 is 11.7 Å². The van der Waals surface area contributed by atoms with Gasteiger partial charge in [-0.3, -0.25) is 0 Å². The first kappa shape index (κ1) is 13.3. The molecular formula is C11H22N2O3. The van der Waals surface area contributed by atoms with Crippen molar-refractivity contribution in [2.75, 3.05) is 19.6 Å². The summed E-state index contributed by atoms with van der Waals surface area (Å²) in [6, 6.07) is -0.205. The van der Waals surface area contributed by atoms with Crippen LogP contribution < -0.4 is 5.32 Å². The molecule has 0 unspecified atom stereocenters. The summed E-state index contributed by atoms with van der Waals surface area (Å²) < 4.78 is 5.31. The number of hydrogen-bond donors (Lipinski definition) is 2. The number of nitrogens with zero attached hydrogens (tertiary/aromatic N) is 1. The molecule has 16 heavy (non-hydrogen) atoms. The summed E-state index contributed by atoms with van der Waals surface area (Å²) in [5.74, 6) is 0. The maximum absolute atomic E-state index is 11.9. The quantitative estimate of drug-likeness (QED) is 0.691. The topological polar surface area (TPSA) is 61.8 Å². The molecule has 0 spiro atoms. The Morgan fingerprint density at radius 2 is 2.19 bits per heavy atom. The van der Waals surface area contributed by atoms with Gasteiger partial charge < -0.3 is 20.1 Å². The highest BCUT2D eigenvalue weighted by molar-refractivity contribution is 5.68. The Hall–Kier alpha value is -0.810. The van der Waals surface area contributed by atoms with Crippen molar-refractivity contribution >= 4 is 6.09 Å². The van der Waals surface area contributed by atoms with Crippen LogP contribution in [0.4, 0.5) is 4.79 Å². The van der Waals surface area contributed by atoms with E-state index in [0.717, 1.165) is 6.54 Å². The van der Waals surface area contributed by atoms with Gasteiger partial charge in [-0.05, 0) is 27.7 Å². The summed E-state index contributed by atoms with van der Waals surface area (Å²) >= 11 is 0. The maximum atomic E-state index is 11.9. The SMILES string of the molecule is C[C@H](O)[C@@H]1CNCCN1C(=O)OC(C)(C)C. The maximum Gasteiger partial charge on any atom is 0.410 e. The monoisotopic (exact) mass is 230 g/mol. The molecule has 0 radical (unpaired) electrons. The van der Waals surface area contributed by atoms with Gasteiger partial charge in [0.1, 0.15) is 5.60 Å². The van der Waals surface area contributed by atoms with Crippen molar-refractivity contribution in [1.29, 1.82) is 0 Å². The second-order valence-corrected chi connectivity index (χ2v) is 5.19. The van der Waals surface area contributed by atoms with Gasteiger partial charge in [0.2, 0.25) is 0 Å². The first-order valence-corrected chi connectivity index (χ1v) is 5.69. The third kappa shape index (κ3) is 3.64. The molecule has 1 saturated heterocycles. The highest BCUT2D eigenvalue weighted by Gasteiger charge is 2.32. The molecule has 0 aromatic heterocycles. The number of nitrogens with one attached hydrogen (secondary N) is 1. The molecule has 1 rings (SSSR count). The molecule has 1 aliphatic rings. The first-order chi connectivity index (χ1) is 7.31. The van der Waals surface area contributed by atoms with Gasteiger partial charge in [0.25, 0.3) is 0 Å². The van der Waals surface area contributed by atoms with Gasteiger partial charge in [-0.2, -0.15) is 0 Å². The van der Waals surface area contributed by atoms with Crippen molar-refractivity contribution in [2.24, 2.45) is 0 Å². The second-order valence-electron chi connectivity index (χ2n) is 5.19. The van der Waals surface area contributed by atoms with Crippen LogP contribution in [0.15, 0.2) is 0 Å². The Labute approximate surface area is 96.8 Å². The zero-order valence-electron chi connectivity index (χ0n) is 10.5. The number of amides is 1. The second kappa shape index (κ2) is 5.01. The van der Waals surface area contributed by atoms with Crippen molar-refractivity contribution in [1.82, 2.24) is 10.2 Å². The van der Waals surface area contributed by atoms with Crippen LogP contribution in [0.25, 0.3) is 0 Å². The Morgan fingerprint density at radius 1 is 1.56 bits per heavy atom. The van der Waals surface area contributed by atoms with E-state index in [4.69, 9.17) is 4.74 Å². The molecule has 5 heteroatoms. The third-order valence-electron chi connectivity index (χ3n) is 2.47. The van der Waals surface area contributed by atoms with Crippen LogP contribution in [0.3, 0.4) is 0 Å². The van der Waals surface area contributed by atoms with E-state index in [-0.39, 0.29) is 12.1 Å². The van der Waals surface area contributed by atoms with E-state index in [9.17, 15) is 9.90 Å². The molecule has 1 heterocycles. The number of rotatable bonds is 1. The van der Waals surface area contributed by atoms with E-state index in [1.165, 1.54) is 0 Å². The number of carbonyl (C=O) groups is 1. The fraction of sp³-hybridized carbons (Fsp3) is 0.909. The van der Waals surface area contributed by atoms with Crippen LogP contribution in [0.5, 0.6) is 0 Å². The molecule has 1 amide bonds. The predicted octanol–water partition coefficient (Wildman–Crippen LogP) is 0.576. The minimum absolute atomic E-state index is 0.205. The number of carbonyl (C=O) groups excluding carboxylic acids is 1. The minimum atomic E-state index is -0.555. The summed E-state index contributed by atoms with van der Waals surface area (Å²) in [7, 11) is 0. The lowest BCUT2D eigenvalue weighted by Crippen LogP contribution is -2.58. The molecule has 0 aliphatic carbocycles. The number of aliphatic hydroxyl groups is 1. The molecule has 1 aliphatic heterocycles. The number of piperazine rings is 1. The Morgan fingerprint density at radius 3 is 2.69 bits per heavy atom. The van der Waals surface area contributed by atoms with Gasteiger partial charge in [-0.15, -0.1) is 0 Å². The van der Waals surface area contributed by atoms with Crippen LogP contribution >= 0.6 is 0 Å². The van der Waals surface area contributed by atoms with E-state index in [1.807, 2.05) is 20.8 Å². The molecule has 0 saturated carbocycles. The lowest BCUT2D eigenvalue weighted by atomic mass is 10.1. The highest BCUT2D eigenvalue weighted by Crippen LogP contribution is 2.14. The normalized spacial score (nSPS) is 24.1. The average molecular weight is 230 g/mol. The molecule has 0 aromatic rings. The molecule has 0 bridgehead atoms. The van der Waals surface area contributed by atoms with Crippen LogP contribution in [0.1, 0.15) is 27.7 Å². The molecule has 2 N–H and O–H groups in total. The molecule has 5 nitrogen and oxygen atoms in total. The largest absolute Gasteiger partial charge is 0.444 e. The van der Waals surface area contributed by atoms with Crippen LogP contribution in [0.2, 0.25) is 0 Å². The number of aliphatic hydroxyl groups excluding tert-OH is 1. The summed E-state index contributed by atoms with van der Waals surface area (Å²) in [6.45, 7) is 9.12. The third-order valence-corrected chi connectivity index (χ3v) is 2.47. The smallest absolute Gasteiger partial charge is 0.410 e. The van der Waals surface area contributed by atoms with Gasteiger partial charge in [0.15, 0.2) is 0 Å². The lowest BCUT2D eigenvalue weighted by Gasteiger charge is -2.38. The van der Waals surface area contributed by atoms with E-state index in [2.05, 4.69) is 5.32 Å². The predicted molar refractivity (Wildman–Crippen MR) is 61.3 cm³/mol. The standard InChI is InChI=1S/C11H22N2O3/c1-8(14)9-7-12-5-6-13(9)10(15)16-11(2,3)4/h8-9,12,14H,5-7H2,1-4H3/t8-,9-/m0/s1. The molecule has 1 fully saturated rings. The Bertz CT molecular complexity index is 248. The van der Waals surface area contributed by atoms with Crippen LogP contribution in [-0.4, -0.2) is 53.5 Å². The van der Waals surface area contributed by atoms with E-state index >= 15 is 0 Å². The van der Waals surface area contributed by atoms with Crippen molar-refractivity contribution < 1.29 is 14.6 Å². The van der Waals surface area contributed by atoms with Crippen molar-refractivity contribution in [2.45, 2.75) is 45.4 Å². The first-order valence-electron chi connectivity index (χ1n) is 5.69. The van der Waals surface area contributed by atoms with Crippen LogP contribution in [0, 0.1) is 0 Å². The zero-order chi connectivity index (χ0) is 12.3. The van der Waals surface area contributed by atoms with E-state index in [0.29, 0.717) is 13.1 Å². The number of hydrogen-bond acceptors (Lipinski definition) is 4. The number of ether oxygens (including phenoxy) is 1. The summed E-state index contributed by atoms with van der Waals surface area (Å²) in [6.07, 6.45) is -0.903. The van der Waals surface area contributed by atoms with Gasteiger partial charge in [0, 0.05) is 19.6 Å². The minimum Gasteiger partial charge on any atom is -0.444 e. The molecule has 0 aromatic carbocycles. The lowest BCUT2D eigenvalue weighted by molar-refractivity contribution is -0.00867. The Kier molecular flexibility index (Phi) is 4.15. The fourth-order valence-electron chi connectivity index (χ4n) is 1.70. The zero-order valence-corrected chi connectivity index (χ0v) is 10.5. The van der Waals surface area contributed by atoms with E-state index in [1.54, 1.807) is 11.8 Å². The molecule has 94 valence electrons. The summed E-state index contributed by atoms with van der Waals surface area (Å²) in [5, 5.41) is 12.8. The summed E-state index contributed by atoms with van der Waals surface area (Å²) in [4.78, 5) is 13.5. The van der Waals surface area contributed by atoms with Crippen molar-refractivity contribution in [3.63, 3.8) is 0 Å². The van der Waals surface area contributed by atoms with Crippen molar-refractivity contribution in [3.05, 3.63) is 0 Å².